The second-order valence-corrected chi connectivity index (χ2v) is 4.27. The summed E-state index contributed by atoms with van der Waals surface area (Å²) in [5.74, 6) is 0.843. The third-order valence-electron chi connectivity index (χ3n) is 2.35. The largest absolute Gasteiger partial charge is 0.772 e. The van der Waals surface area contributed by atoms with Crippen LogP contribution in [0.15, 0.2) is 0 Å². The summed E-state index contributed by atoms with van der Waals surface area (Å²) in [6.07, 6.45) is 7.27. The van der Waals surface area contributed by atoms with Crippen molar-refractivity contribution in [3.63, 3.8) is 0 Å². The van der Waals surface area contributed by atoms with Crippen molar-refractivity contribution in [2.45, 2.75) is 38.5 Å². The molecule has 0 aromatic carbocycles. The van der Waals surface area contributed by atoms with E-state index in [0.717, 1.165) is 12.8 Å². The van der Waals surface area contributed by atoms with Crippen LogP contribution in [-0.4, -0.2) is 14.5 Å². The number of hydrogen-bond donors (Lipinski definition) is 0. The molecule has 3 heteroatoms. The van der Waals surface area contributed by atoms with Gasteiger partial charge in [0.25, 0.3) is 0 Å². The van der Waals surface area contributed by atoms with Crippen LogP contribution in [0, 0.1) is 5.92 Å². The normalized spacial score (nSPS) is 24.5. The number of rotatable bonds is 2. The van der Waals surface area contributed by atoms with Gasteiger partial charge in [0.1, 0.15) is 0 Å². The molecule has 0 spiro atoms. The quantitative estimate of drug-likeness (QED) is 0.474. The fourth-order valence-corrected chi connectivity index (χ4v) is 2.44. The van der Waals surface area contributed by atoms with Gasteiger partial charge in [-0.2, -0.15) is 0 Å². The Labute approximate surface area is 70.7 Å². The Balaban J connectivity index is 2.25. The van der Waals surface area contributed by atoms with Gasteiger partial charge in [-0.3, -0.25) is 4.21 Å². The predicted octanol–water partition coefficient (Wildman–Crippen LogP) is 1.84. The summed E-state index contributed by atoms with van der Waals surface area (Å²) >= 11 is -1.82. The Hall–Kier alpha value is 0.110. The van der Waals surface area contributed by atoms with Gasteiger partial charge in [0, 0.05) is 5.75 Å². The molecule has 11 heavy (non-hydrogen) atoms. The van der Waals surface area contributed by atoms with Crippen LogP contribution in [0.25, 0.3) is 0 Å². The van der Waals surface area contributed by atoms with E-state index in [1.54, 1.807) is 0 Å². The van der Waals surface area contributed by atoms with Crippen LogP contribution in [0.3, 0.4) is 0 Å². The molecular weight excluding hydrogens is 160 g/mol. The summed E-state index contributed by atoms with van der Waals surface area (Å²) in [6, 6.07) is 0. The molecule has 1 unspecified atom stereocenters. The van der Waals surface area contributed by atoms with E-state index >= 15 is 0 Å². The Bertz CT molecular complexity index is 128. The van der Waals surface area contributed by atoms with Crippen LogP contribution < -0.4 is 0 Å². The third kappa shape index (κ3) is 3.87. The second-order valence-electron chi connectivity index (χ2n) is 3.33. The van der Waals surface area contributed by atoms with Crippen LogP contribution in [0.1, 0.15) is 38.5 Å². The molecule has 66 valence electrons. The van der Waals surface area contributed by atoms with E-state index in [2.05, 4.69) is 0 Å². The van der Waals surface area contributed by atoms with Gasteiger partial charge in [-0.05, 0) is 18.8 Å². The molecular formula is C8H15O2S-. The van der Waals surface area contributed by atoms with Gasteiger partial charge in [-0.15, -0.1) is 0 Å². The zero-order chi connectivity index (χ0) is 8.10. The van der Waals surface area contributed by atoms with E-state index in [0.29, 0.717) is 11.7 Å². The molecule has 1 saturated carbocycles. The highest BCUT2D eigenvalue weighted by molar-refractivity contribution is 7.79. The minimum absolute atomic E-state index is 0.389. The van der Waals surface area contributed by atoms with Crippen molar-refractivity contribution >= 4 is 11.1 Å². The molecule has 1 atom stereocenters. The molecule has 2 nitrogen and oxygen atoms in total. The first kappa shape index (κ1) is 9.20. The van der Waals surface area contributed by atoms with Crippen molar-refractivity contribution in [2.24, 2.45) is 5.92 Å². The fraction of sp³-hybridized carbons (Fsp3) is 1.00. The predicted molar refractivity (Wildman–Crippen MR) is 45.0 cm³/mol. The molecule has 0 aliphatic heterocycles. The summed E-state index contributed by atoms with van der Waals surface area (Å²) in [7, 11) is 0. The lowest BCUT2D eigenvalue weighted by Crippen LogP contribution is -2.09. The second kappa shape index (κ2) is 4.88. The summed E-state index contributed by atoms with van der Waals surface area (Å²) < 4.78 is 20.8. The van der Waals surface area contributed by atoms with Gasteiger partial charge in [-0.25, -0.2) is 0 Å². The molecule has 0 bridgehead atoms. The van der Waals surface area contributed by atoms with Crippen LogP contribution >= 0.6 is 0 Å². The van der Waals surface area contributed by atoms with Crippen molar-refractivity contribution in [2.75, 3.05) is 5.75 Å². The third-order valence-corrected chi connectivity index (χ3v) is 3.09. The van der Waals surface area contributed by atoms with Crippen molar-refractivity contribution in [1.29, 1.82) is 0 Å². The highest BCUT2D eigenvalue weighted by Gasteiger charge is 2.11. The van der Waals surface area contributed by atoms with Crippen molar-refractivity contribution in [1.82, 2.24) is 0 Å². The van der Waals surface area contributed by atoms with E-state index in [1.807, 2.05) is 0 Å². The lowest BCUT2D eigenvalue weighted by molar-refractivity contribution is 0.476. The van der Waals surface area contributed by atoms with E-state index in [-0.39, 0.29) is 0 Å². The molecule has 1 rings (SSSR count). The van der Waals surface area contributed by atoms with Crippen LogP contribution in [0.5, 0.6) is 0 Å². The van der Waals surface area contributed by atoms with E-state index < -0.39 is 11.1 Å². The average Bonchev–Trinajstić information content (AvgIpc) is 2.14. The number of hydrogen-bond acceptors (Lipinski definition) is 2. The molecule has 0 aromatic heterocycles. The lowest BCUT2D eigenvalue weighted by atomic mass is 10.0. The molecule has 0 heterocycles. The smallest absolute Gasteiger partial charge is 0.0130 e. The summed E-state index contributed by atoms with van der Waals surface area (Å²) in [6.45, 7) is 0. The van der Waals surface area contributed by atoms with Crippen LogP contribution in [0.2, 0.25) is 0 Å². The molecule has 0 saturated heterocycles. The van der Waals surface area contributed by atoms with E-state index in [9.17, 15) is 8.76 Å². The van der Waals surface area contributed by atoms with Gasteiger partial charge in [0.2, 0.25) is 0 Å². The van der Waals surface area contributed by atoms with Crippen LogP contribution in [0.4, 0.5) is 0 Å². The van der Waals surface area contributed by atoms with Gasteiger partial charge >= 0.3 is 0 Å². The van der Waals surface area contributed by atoms with E-state index in [4.69, 9.17) is 0 Å². The molecule has 1 aliphatic carbocycles. The fourth-order valence-electron chi connectivity index (χ4n) is 1.72. The first-order valence-electron chi connectivity index (χ1n) is 4.35. The highest BCUT2D eigenvalue weighted by atomic mass is 32.2. The first-order chi connectivity index (χ1) is 5.29. The Morgan fingerprint density at radius 3 is 2.18 bits per heavy atom. The van der Waals surface area contributed by atoms with Gasteiger partial charge < -0.3 is 4.55 Å². The molecule has 1 fully saturated rings. The van der Waals surface area contributed by atoms with Gasteiger partial charge in [-0.1, -0.05) is 36.8 Å². The Morgan fingerprint density at radius 2 is 1.73 bits per heavy atom. The maximum Gasteiger partial charge on any atom is 0.0130 e. The van der Waals surface area contributed by atoms with Crippen molar-refractivity contribution in [3.05, 3.63) is 0 Å². The topological polar surface area (TPSA) is 40.1 Å². The summed E-state index contributed by atoms with van der Waals surface area (Å²) in [5.41, 5.74) is 0. The minimum atomic E-state index is -1.82. The molecule has 0 amide bonds. The standard InChI is InChI=1S/C8H16O2S/c9-11(10)7-8-5-3-1-2-4-6-8/h8H,1-7H2,(H,9,10)/p-1. The van der Waals surface area contributed by atoms with E-state index in [1.165, 1.54) is 25.7 Å². The monoisotopic (exact) mass is 175 g/mol. The molecule has 1 aliphatic rings. The van der Waals surface area contributed by atoms with Gasteiger partial charge in [0.05, 0.1) is 0 Å². The Kier molecular flexibility index (Phi) is 4.08. The maximum atomic E-state index is 10.4. The van der Waals surface area contributed by atoms with Crippen LogP contribution in [-0.2, 0) is 11.1 Å². The lowest BCUT2D eigenvalue weighted by Gasteiger charge is -2.14. The Morgan fingerprint density at radius 1 is 1.18 bits per heavy atom. The molecule has 0 aromatic rings. The highest BCUT2D eigenvalue weighted by Crippen LogP contribution is 2.22. The SMILES string of the molecule is O=S([O-])CC1CCCCCC1. The van der Waals surface area contributed by atoms with Crippen molar-refractivity contribution in [3.8, 4) is 0 Å². The summed E-state index contributed by atoms with van der Waals surface area (Å²) in [5, 5.41) is 0. The zero-order valence-electron chi connectivity index (χ0n) is 6.75. The first-order valence-corrected chi connectivity index (χ1v) is 5.59. The maximum absolute atomic E-state index is 10.4. The van der Waals surface area contributed by atoms with Crippen molar-refractivity contribution < 1.29 is 8.76 Å². The van der Waals surface area contributed by atoms with Gasteiger partial charge in [0.15, 0.2) is 0 Å². The zero-order valence-corrected chi connectivity index (χ0v) is 7.57. The molecule has 0 radical (unpaired) electrons. The average molecular weight is 175 g/mol. The summed E-state index contributed by atoms with van der Waals surface area (Å²) in [4.78, 5) is 0. The molecule has 0 N–H and O–H groups in total. The minimum Gasteiger partial charge on any atom is -0.772 e.